The Morgan fingerprint density at radius 3 is 0.857 bits per heavy atom. The SMILES string of the molecule is CC(O)CO.O=P(O)(c1ccccc1)c1ccccc1.O=P(O)(c1ccccc1)c1ccccc1. The van der Waals surface area contributed by atoms with Gasteiger partial charge in [0.25, 0.3) is 14.7 Å². The molecule has 4 N–H and O–H groups in total. The highest BCUT2D eigenvalue weighted by atomic mass is 31.2. The standard InChI is InChI=1S/2C12H11O2P.C3H8O2/c2*13-15(14,11-7-3-1-4-8-11)12-9-5-2-6-10-12;1-3(5)2-4/h2*1-10H,(H,13,14);3-5H,2H2,1H3. The molecule has 8 heteroatoms. The van der Waals surface area contributed by atoms with E-state index in [0.717, 1.165) is 0 Å². The molecule has 35 heavy (non-hydrogen) atoms. The lowest BCUT2D eigenvalue weighted by molar-refractivity contribution is 0.110. The highest BCUT2D eigenvalue weighted by Crippen LogP contribution is 2.38. The van der Waals surface area contributed by atoms with Crippen LogP contribution in [0.1, 0.15) is 6.92 Å². The van der Waals surface area contributed by atoms with Crippen LogP contribution in [0.5, 0.6) is 0 Å². The number of aliphatic hydroxyl groups is 2. The van der Waals surface area contributed by atoms with Gasteiger partial charge in [0, 0.05) is 21.2 Å². The maximum absolute atomic E-state index is 12.2. The van der Waals surface area contributed by atoms with E-state index in [9.17, 15) is 18.9 Å². The summed E-state index contributed by atoms with van der Waals surface area (Å²) in [5.74, 6) is 0. The summed E-state index contributed by atoms with van der Waals surface area (Å²) in [4.78, 5) is 20.0. The molecule has 4 aromatic rings. The van der Waals surface area contributed by atoms with Crippen LogP contribution in [0.4, 0.5) is 0 Å². The average Bonchev–Trinajstić information content (AvgIpc) is 2.91. The normalized spacial score (nSPS) is 11.8. The predicted molar refractivity (Wildman–Crippen MR) is 143 cm³/mol. The molecule has 4 rings (SSSR count). The Hall–Kier alpha value is -2.82. The Morgan fingerprint density at radius 1 is 0.543 bits per heavy atom. The maximum atomic E-state index is 12.2. The van der Waals surface area contributed by atoms with Crippen LogP contribution < -0.4 is 21.2 Å². The van der Waals surface area contributed by atoms with Gasteiger partial charge in [-0.1, -0.05) is 72.8 Å². The topological polar surface area (TPSA) is 115 Å². The molecule has 0 radical (unpaired) electrons. The van der Waals surface area contributed by atoms with E-state index in [2.05, 4.69) is 0 Å². The molecule has 1 unspecified atom stereocenters. The van der Waals surface area contributed by atoms with Crippen LogP contribution in [0.3, 0.4) is 0 Å². The first-order valence-electron chi connectivity index (χ1n) is 10.9. The van der Waals surface area contributed by atoms with Crippen LogP contribution in [-0.2, 0) is 9.13 Å². The van der Waals surface area contributed by atoms with Crippen LogP contribution in [0.25, 0.3) is 0 Å². The van der Waals surface area contributed by atoms with Crippen molar-refractivity contribution in [2.75, 3.05) is 6.61 Å². The number of rotatable bonds is 5. The van der Waals surface area contributed by atoms with Gasteiger partial charge in [0.15, 0.2) is 0 Å². The summed E-state index contributed by atoms with van der Waals surface area (Å²) in [6, 6.07) is 34.8. The summed E-state index contributed by atoms with van der Waals surface area (Å²) in [5, 5.41) is 17.9. The first-order chi connectivity index (χ1) is 16.7. The monoisotopic (exact) mass is 512 g/mol. The van der Waals surface area contributed by atoms with Crippen LogP contribution in [-0.4, -0.2) is 32.7 Å². The molecule has 6 nitrogen and oxygen atoms in total. The molecule has 0 aliphatic heterocycles. The highest BCUT2D eigenvalue weighted by Gasteiger charge is 2.23. The van der Waals surface area contributed by atoms with Gasteiger partial charge >= 0.3 is 0 Å². The second-order valence-corrected chi connectivity index (χ2v) is 11.9. The van der Waals surface area contributed by atoms with E-state index in [-0.39, 0.29) is 6.61 Å². The highest BCUT2D eigenvalue weighted by molar-refractivity contribution is 7.73. The van der Waals surface area contributed by atoms with Gasteiger partial charge in [0.1, 0.15) is 0 Å². The Morgan fingerprint density at radius 2 is 0.714 bits per heavy atom. The third-order valence-electron chi connectivity index (χ3n) is 4.69. The molecule has 184 valence electrons. The van der Waals surface area contributed by atoms with E-state index < -0.39 is 20.8 Å². The molecule has 0 fully saturated rings. The molecule has 0 spiro atoms. The summed E-state index contributed by atoms with van der Waals surface area (Å²) in [7, 11) is -6.79. The van der Waals surface area contributed by atoms with E-state index in [1.165, 1.54) is 6.92 Å². The van der Waals surface area contributed by atoms with E-state index in [4.69, 9.17) is 10.2 Å². The van der Waals surface area contributed by atoms with Crippen LogP contribution in [0.15, 0.2) is 121 Å². The van der Waals surface area contributed by atoms with Crippen molar-refractivity contribution >= 4 is 36.0 Å². The largest absolute Gasteiger partial charge is 0.394 e. The maximum Gasteiger partial charge on any atom is 0.258 e. The van der Waals surface area contributed by atoms with Crippen LogP contribution in [0, 0.1) is 0 Å². The first kappa shape index (κ1) is 28.4. The smallest absolute Gasteiger partial charge is 0.258 e. The van der Waals surface area contributed by atoms with Crippen LogP contribution in [0.2, 0.25) is 0 Å². The van der Waals surface area contributed by atoms with Crippen LogP contribution >= 0.6 is 14.7 Å². The molecule has 0 amide bonds. The molecule has 4 aromatic carbocycles. The van der Waals surface area contributed by atoms with Gasteiger partial charge in [-0.2, -0.15) is 0 Å². The summed E-state index contributed by atoms with van der Waals surface area (Å²) in [6.45, 7) is 1.39. The van der Waals surface area contributed by atoms with Crippen molar-refractivity contribution in [1.29, 1.82) is 0 Å². The van der Waals surface area contributed by atoms with Gasteiger partial charge in [0.2, 0.25) is 0 Å². The minimum Gasteiger partial charge on any atom is -0.394 e. The molecule has 0 aromatic heterocycles. The minimum atomic E-state index is -3.40. The molecule has 0 aliphatic carbocycles. The van der Waals surface area contributed by atoms with Crippen molar-refractivity contribution in [3.63, 3.8) is 0 Å². The minimum absolute atomic E-state index is 0.139. The molecule has 0 aliphatic rings. The van der Waals surface area contributed by atoms with Gasteiger partial charge in [-0.15, -0.1) is 0 Å². The Balaban J connectivity index is 0.000000208. The van der Waals surface area contributed by atoms with E-state index in [1.54, 1.807) is 97.1 Å². The fourth-order valence-electron chi connectivity index (χ4n) is 2.82. The third-order valence-corrected chi connectivity index (χ3v) is 8.68. The number of hydrogen-bond acceptors (Lipinski definition) is 4. The number of hydrogen-bond donors (Lipinski definition) is 4. The molecule has 0 saturated carbocycles. The summed E-state index contributed by atoms with van der Waals surface area (Å²) >= 11 is 0. The fourth-order valence-corrected chi connectivity index (χ4v) is 5.72. The lowest BCUT2D eigenvalue weighted by Gasteiger charge is -2.11. The number of aliphatic hydroxyl groups excluding tert-OH is 2. The Kier molecular flexibility index (Phi) is 11.3. The zero-order chi connectivity index (χ0) is 25.7. The quantitative estimate of drug-likeness (QED) is 0.306. The lowest BCUT2D eigenvalue weighted by Crippen LogP contribution is -2.14. The molecule has 0 saturated heterocycles. The van der Waals surface area contributed by atoms with Gasteiger partial charge < -0.3 is 20.0 Å². The van der Waals surface area contributed by atoms with Crippen molar-refractivity contribution in [2.45, 2.75) is 13.0 Å². The van der Waals surface area contributed by atoms with Gasteiger partial charge in [-0.05, 0) is 55.5 Å². The van der Waals surface area contributed by atoms with Gasteiger partial charge in [-0.25, -0.2) is 0 Å². The van der Waals surface area contributed by atoms with E-state index >= 15 is 0 Å². The zero-order valence-electron chi connectivity index (χ0n) is 19.3. The second-order valence-electron chi connectivity index (χ2n) is 7.53. The van der Waals surface area contributed by atoms with Crippen molar-refractivity contribution < 1.29 is 29.1 Å². The van der Waals surface area contributed by atoms with Gasteiger partial charge in [-0.3, -0.25) is 9.13 Å². The van der Waals surface area contributed by atoms with E-state index in [1.807, 2.05) is 24.3 Å². The zero-order valence-corrected chi connectivity index (χ0v) is 21.1. The summed E-state index contributed by atoms with van der Waals surface area (Å²) in [6.07, 6.45) is -0.560. The average molecular weight is 512 g/mol. The second kappa shape index (κ2) is 13.9. The number of benzene rings is 4. The van der Waals surface area contributed by atoms with Crippen molar-refractivity contribution in [3.05, 3.63) is 121 Å². The summed E-state index contributed by atoms with van der Waals surface area (Å²) < 4.78 is 24.3. The first-order valence-corrected chi connectivity index (χ1v) is 14.2. The third kappa shape index (κ3) is 8.72. The van der Waals surface area contributed by atoms with Gasteiger partial charge in [0.05, 0.1) is 12.7 Å². The molecule has 1 atom stereocenters. The molecular weight excluding hydrogens is 482 g/mol. The molecule has 0 heterocycles. The van der Waals surface area contributed by atoms with Crippen molar-refractivity contribution in [1.82, 2.24) is 0 Å². The lowest BCUT2D eigenvalue weighted by atomic mass is 10.4. The van der Waals surface area contributed by atoms with Crippen molar-refractivity contribution in [3.8, 4) is 0 Å². The Bertz CT molecular complexity index is 1040. The van der Waals surface area contributed by atoms with E-state index in [0.29, 0.717) is 21.2 Å². The Labute approximate surface area is 206 Å². The molecule has 0 bridgehead atoms. The molecular formula is C27H30O6P2. The summed E-state index contributed by atoms with van der Waals surface area (Å²) in [5.41, 5.74) is 0. The van der Waals surface area contributed by atoms with Crippen molar-refractivity contribution in [2.24, 2.45) is 0 Å². The fraction of sp³-hybridized carbons (Fsp3) is 0.111. The predicted octanol–water partition coefficient (Wildman–Crippen LogP) is 3.18.